The van der Waals surface area contributed by atoms with Crippen molar-refractivity contribution in [3.63, 3.8) is 0 Å². The monoisotopic (exact) mass is 494 g/mol. The van der Waals surface area contributed by atoms with Gasteiger partial charge in [0.2, 0.25) is 0 Å². The summed E-state index contributed by atoms with van der Waals surface area (Å²) in [6, 6.07) is 0. The van der Waals surface area contributed by atoms with Gasteiger partial charge in [0.1, 0.15) is 0 Å². The summed E-state index contributed by atoms with van der Waals surface area (Å²) >= 11 is 0. The van der Waals surface area contributed by atoms with E-state index in [2.05, 4.69) is 38.8 Å². The van der Waals surface area contributed by atoms with Crippen molar-refractivity contribution in [3.05, 3.63) is 0 Å². The van der Waals surface area contributed by atoms with Gasteiger partial charge >= 0.3 is 8.56 Å². The maximum atomic E-state index is 6.14. The van der Waals surface area contributed by atoms with Crippen LogP contribution < -0.4 is 0 Å². The van der Waals surface area contributed by atoms with Gasteiger partial charge in [0.05, 0.1) is 0 Å². The standard InChI is InChI=1S/C31H62O2Si/c1-5-7-9-11-13-15-17-18-19-20-21-23-25-27-29-31-33-34(3,4)32-30-28-26-24-22-16-14-12-10-8-6-2/h5-7,9,11-31H2,1-4H3. The first kappa shape index (κ1) is 33.7. The predicted molar refractivity (Wildman–Crippen MR) is 155 cm³/mol. The van der Waals surface area contributed by atoms with E-state index in [4.69, 9.17) is 8.85 Å². The summed E-state index contributed by atoms with van der Waals surface area (Å²) in [7, 11) is -1.92. The molecule has 0 aromatic carbocycles. The number of hydrogen-bond acceptors (Lipinski definition) is 2. The molecule has 0 fully saturated rings. The molecule has 0 saturated carbocycles. The lowest BCUT2D eigenvalue weighted by Gasteiger charge is -2.23. The van der Waals surface area contributed by atoms with Crippen molar-refractivity contribution >= 4 is 8.56 Å². The van der Waals surface area contributed by atoms with Crippen molar-refractivity contribution in [3.8, 4) is 11.8 Å². The van der Waals surface area contributed by atoms with Gasteiger partial charge in [-0.2, -0.15) is 0 Å². The van der Waals surface area contributed by atoms with Crippen LogP contribution in [0.25, 0.3) is 0 Å². The molecule has 0 aliphatic heterocycles. The Morgan fingerprint density at radius 1 is 0.441 bits per heavy atom. The molecule has 0 atom stereocenters. The van der Waals surface area contributed by atoms with Crippen molar-refractivity contribution in [2.75, 3.05) is 13.2 Å². The molecule has 0 bridgehead atoms. The van der Waals surface area contributed by atoms with Crippen LogP contribution in [0.1, 0.15) is 162 Å². The molecule has 0 spiro atoms. The zero-order chi connectivity index (χ0) is 25.0. The van der Waals surface area contributed by atoms with Gasteiger partial charge in [-0.25, -0.2) is 0 Å². The Balaban J connectivity index is 3.30. The Morgan fingerprint density at radius 3 is 1.18 bits per heavy atom. The van der Waals surface area contributed by atoms with Crippen LogP contribution in [0.3, 0.4) is 0 Å². The van der Waals surface area contributed by atoms with E-state index in [1.807, 2.05) is 0 Å². The van der Waals surface area contributed by atoms with Crippen molar-refractivity contribution in [2.24, 2.45) is 0 Å². The van der Waals surface area contributed by atoms with Gasteiger partial charge in [-0.05, 0) is 32.4 Å². The Hall–Kier alpha value is -0.303. The summed E-state index contributed by atoms with van der Waals surface area (Å²) in [4.78, 5) is 0. The fourth-order valence-corrected chi connectivity index (χ4v) is 5.74. The third kappa shape index (κ3) is 27.9. The van der Waals surface area contributed by atoms with Gasteiger partial charge in [0.15, 0.2) is 0 Å². The quantitative estimate of drug-likeness (QED) is 0.0676. The molecule has 0 aromatic rings. The van der Waals surface area contributed by atoms with Gasteiger partial charge < -0.3 is 8.85 Å². The molecule has 0 saturated heterocycles. The second kappa shape index (κ2) is 27.3. The molecule has 0 unspecified atom stereocenters. The fraction of sp³-hybridized carbons (Fsp3) is 0.935. The normalized spacial score (nSPS) is 11.5. The van der Waals surface area contributed by atoms with Crippen molar-refractivity contribution in [1.82, 2.24) is 0 Å². The van der Waals surface area contributed by atoms with Gasteiger partial charge in [-0.1, -0.05) is 129 Å². The Bertz CT molecular complexity index is 452. The lowest BCUT2D eigenvalue weighted by atomic mass is 10.0. The number of rotatable bonds is 26. The highest BCUT2D eigenvalue weighted by Gasteiger charge is 2.23. The molecule has 34 heavy (non-hydrogen) atoms. The molecule has 0 N–H and O–H groups in total. The predicted octanol–water partition coefficient (Wildman–Crippen LogP) is 10.7. The first-order valence-electron chi connectivity index (χ1n) is 15.4. The SMILES string of the molecule is CCC#CCCCCCCCCO[Si](C)(C)OCCCCCCCCCCCCCCCCC. The molecular formula is C31H62O2Si. The van der Waals surface area contributed by atoms with Crippen molar-refractivity contribution in [1.29, 1.82) is 0 Å². The molecule has 0 aromatic heterocycles. The highest BCUT2D eigenvalue weighted by atomic mass is 28.4. The first-order chi connectivity index (χ1) is 16.6. The van der Waals surface area contributed by atoms with Gasteiger partial charge in [0.25, 0.3) is 0 Å². The van der Waals surface area contributed by atoms with Crippen LogP contribution in [-0.2, 0) is 8.85 Å². The van der Waals surface area contributed by atoms with Crippen LogP contribution in [0.2, 0.25) is 13.1 Å². The maximum absolute atomic E-state index is 6.14. The molecule has 202 valence electrons. The van der Waals surface area contributed by atoms with Crippen LogP contribution in [0, 0.1) is 11.8 Å². The average molecular weight is 495 g/mol. The van der Waals surface area contributed by atoms with Crippen LogP contribution in [0.4, 0.5) is 0 Å². The molecule has 0 aliphatic carbocycles. The van der Waals surface area contributed by atoms with E-state index in [0.717, 1.165) is 26.1 Å². The molecule has 3 heteroatoms. The second-order valence-corrected chi connectivity index (χ2v) is 14.0. The number of unbranched alkanes of at least 4 members (excludes halogenated alkanes) is 20. The van der Waals surface area contributed by atoms with Crippen molar-refractivity contribution < 1.29 is 8.85 Å². The minimum absolute atomic E-state index is 0.875. The minimum Gasteiger partial charge on any atom is -0.395 e. The molecule has 0 radical (unpaired) electrons. The van der Waals surface area contributed by atoms with E-state index < -0.39 is 8.56 Å². The summed E-state index contributed by atoms with van der Waals surface area (Å²) in [6.07, 6.45) is 30.9. The minimum atomic E-state index is -1.92. The van der Waals surface area contributed by atoms with Crippen LogP contribution in [0.5, 0.6) is 0 Å². The summed E-state index contributed by atoms with van der Waals surface area (Å²) in [5.41, 5.74) is 0. The molecule has 0 aliphatic rings. The Labute approximate surface area is 217 Å². The topological polar surface area (TPSA) is 18.5 Å². The highest BCUT2D eigenvalue weighted by Crippen LogP contribution is 2.15. The first-order valence-corrected chi connectivity index (χ1v) is 18.2. The van der Waals surface area contributed by atoms with Gasteiger partial charge in [0, 0.05) is 26.1 Å². The Morgan fingerprint density at radius 2 is 0.794 bits per heavy atom. The summed E-state index contributed by atoms with van der Waals surface area (Å²) in [6.45, 7) is 10.6. The van der Waals surface area contributed by atoms with E-state index in [0.29, 0.717) is 0 Å². The lowest BCUT2D eigenvalue weighted by Crippen LogP contribution is -2.35. The smallest absolute Gasteiger partial charge is 0.331 e. The third-order valence-electron chi connectivity index (χ3n) is 6.65. The summed E-state index contributed by atoms with van der Waals surface area (Å²) in [5, 5.41) is 0. The molecule has 0 rings (SSSR count). The van der Waals surface area contributed by atoms with Crippen LogP contribution in [-0.4, -0.2) is 21.8 Å². The summed E-state index contributed by atoms with van der Waals surface area (Å²) < 4.78 is 12.3. The van der Waals surface area contributed by atoms with Crippen LogP contribution in [0.15, 0.2) is 0 Å². The van der Waals surface area contributed by atoms with Gasteiger partial charge in [-0.15, -0.1) is 11.8 Å². The van der Waals surface area contributed by atoms with E-state index in [9.17, 15) is 0 Å². The maximum Gasteiger partial charge on any atom is 0.331 e. The molecule has 0 amide bonds. The summed E-state index contributed by atoms with van der Waals surface area (Å²) in [5.74, 6) is 6.38. The molecule has 0 heterocycles. The Kier molecular flexibility index (Phi) is 27.0. The fourth-order valence-electron chi connectivity index (χ4n) is 4.39. The average Bonchev–Trinajstić information content (AvgIpc) is 2.82. The molecular weight excluding hydrogens is 432 g/mol. The lowest BCUT2D eigenvalue weighted by molar-refractivity contribution is 0.172. The zero-order valence-electron chi connectivity index (χ0n) is 24.0. The largest absolute Gasteiger partial charge is 0.395 e. The molecule has 2 nitrogen and oxygen atoms in total. The zero-order valence-corrected chi connectivity index (χ0v) is 25.0. The second-order valence-electron chi connectivity index (χ2n) is 10.6. The van der Waals surface area contributed by atoms with E-state index in [1.165, 1.54) is 135 Å². The van der Waals surface area contributed by atoms with E-state index in [-0.39, 0.29) is 0 Å². The van der Waals surface area contributed by atoms with Gasteiger partial charge in [-0.3, -0.25) is 0 Å². The third-order valence-corrected chi connectivity index (χ3v) is 8.44. The highest BCUT2D eigenvalue weighted by molar-refractivity contribution is 6.64. The van der Waals surface area contributed by atoms with E-state index in [1.54, 1.807) is 0 Å². The van der Waals surface area contributed by atoms with E-state index >= 15 is 0 Å². The number of hydrogen-bond donors (Lipinski definition) is 0. The van der Waals surface area contributed by atoms with Crippen molar-refractivity contribution in [2.45, 2.75) is 175 Å². The van der Waals surface area contributed by atoms with Crippen LogP contribution >= 0.6 is 0 Å².